The molecule has 202 valence electrons. The molecule has 0 fully saturated rings. The summed E-state index contributed by atoms with van der Waals surface area (Å²) in [6, 6.07) is 17.6. The maximum Gasteiger partial charge on any atom is 0.303 e. The minimum atomic E-state index is -0.778. The lowest BCUT2D eigenvalue weighted by molar-refractivity contribution is -0.137. The number of carbonyl (C=O) groups is 1. The van der Waals surface area contributed by atoms with Gasteiger partial charge in [0.15, 0.2) is 5.75 Å². The van der Waals surface area contributed by atoms with Crippen molar-refractivity contribution in [3.05, 3.63) is 91.7 Å². The fourth-order valence-electron chi connectivity index (χ4n) is 4.97. The molecule has 1 aliphatic carbocycles. The topological polar surface area (TPSA) is 81.8 Å². The highest BCUT2D eigenvalue weighted by molar-refractivity contribution is 9.11. The third kappa shape index (κ3) is 5.92. The molecule has 0 saturated carbocycles. The minimum Gasteiger partial charge on any atom is -0.487 e. The first-order valence-electron chi connectivity index (χ1n) is 12.9. The summed E-state index contributed by atoms with van der Waals surface area (Å²) in [5.74, 6) is 2.89. The van der Waals surface area contributed by atoms with Crippen molar-refractivity contribution < 1.29 is 23.8 Å². The fraction of sp³-hybridized carbons (Fsp3) is 0.290. The second kappa shape index (κ2) is 11.6. The average molecular weight is 655 g/mol. The first-order valence-corrected chi connectivity index (χ1v) is 14.5. The highest BCUT2D eigenvalue weighted by atomic mass is 79.9. The van der Waals surface area contributed by atoms with Crippen molar-refractivity contribution in [2.45, 2.75) is 58.5 Å². The lowest BCUT2D eigenvalue weighted by atomic mass is 9.98. The Morgan fingerprint density at radius 2 is 1.92 bits per heavy atom. The van der Waals surface area contributed by atoms with Gasteiger partial charge >= 0.3 is 5.97 Å². The van der Waals surface area contributed by atoms with Crippen LogP contribution in [0.1, 0.15) is 66.7 Å². The molecule has 4 aromatic rings. The zero-order valence-corrected chi connectivity index (χ0v) is 25.1. The number of oxazole rings is 1. The van der Waals surface area contributed by atoms with Gasteiger partial charge in [-0.3, -0.25) is 4.79 Å². The molecule has 39 heavy (non-hydrogen) atoms. The Kier molecular flexibility index (Phi) is 8.14. The number of rotatable bonds is 9. The molecule has 0 bridgehead atoms. The number of aryl methyl sites for hydroxylation is 1. The summed E-state index contributed by atoms with van der Waals surface area (Å²) in [6.07, 6.45) is 1.76. The number of ether oxygens (including phenoxy) is 2. The summed E-state index contributed by atoms with van der Waals surface area (Å²) in [4.78, 5) is 15.9. The maximum absolute atomic E-state index is 11.3. The number of hydrogen-bond acceptors (Lipinski definition) is 5. The summed E-state index contributed by atoms with van der Waals surface area (Å²) < 4.78 is 20.1. The van der Waals surface area contributed by atoms with Crippen molar-refractivity contribution in [2.75, 3.05) is 0 Å². The number of benzene rings is 3. The smallest absolute Gasteiger partial charge is 0.303 e. The van der Waals surface area contributed by atoms with Gasteiger partial charge < -0.3 is 19.0 Å². The minimum absolute atomic E-state index is 0.0141. The van der Waals surface area contributed by atoms with Gasteiger partial charge in [0, 0.05) is 11.1 Å². The zero-order valence-electron chi connectivity index (χ0n) is 22.0. The van der Waals surface area contributed by atoms with Crippen LogP contribution in [0.5, 0.6) is 17.2 Å². The van der Waals surface area contributed by atoms with Crippen molar-refractivity contribution in [1.82, 2.24) is 4.98 Å². The highest BCUT2D eigenvalue weighted by Crippen LogP contribution is 2.48. The van der Waals surface area contributed by atoms with Crippen LogP contribution in [-0.4, -0.2) is 16.1 Å². The molecule has 1 unspecified atom stereocenters. The van der Waals surface area contributed by atoms with Gasteiger partial charge in [-0.2, -0.15) is 0 Å². The molecule has 0 spiro atoms. The monoisotopic (exact) mass is 653 g/mol. The van der Waals surface area contributed by atoms with E-state index < -0.39 is 5.97 Å². The summed E-state index contributed by atoms with van der Waals surface area (Å²) in [7, 11) is 0. The number of carboxylic acids is 1. The van der Waals surface area contributed by atoms with E-state index in [1.807, 2.05) is 61.5 Å². The quantitative estimate of drug-likeness (QED) is 0.194. The lowest BCUT2D eigenvalue weighted by Gasteiger charge is -2.18. The van der Waals surface area contributed by atoms with Gasteiger partial charge in [0.2, 0.25) is 5.89 Å². The van der Waals surface area contributed by atoms with Crippen LogP contribution >= 0.6 is 31.9 Å². The third-order valence-corrected chi connectivity index (χ3v) is 8.44. The van der Waals surface area contributed by atoms with Crippen molar-refractivity contribution in [1.29, 1.82) is 0 Å². The van der Waals surface area contributed by atoms with Crippen LogP contribution in [0.3, 0.4) is 0 Å². The summed E-state index contributed by atoms with van der Waals surface area (Å²) in [5.41, 5.74) is 4.88. The Balaban J connectivity index is 1.35. The van der Waals surface area contributed by atoms with Crippen molar-refractivity contribution in [2.24, 2.45) is 0 Å². The molecule has 0 saturated heterocycles. The summed E-state index contributed by atoms with van der Waals surface area (Å²) in [5, 5.41) is 9.28. The number of nitrogens with zero attached hydrogens (tertiary/aromatic N) is 1. The Bertz CT molecular complexity index is 1510. The van der Waals surface area contributed by atoms with Crippen LogP contribution < -0.4 is 9.47 Å². The third-order valence-electron chi connectivity index (χ3n) is 7.02. The van der Waals surface area contributed by atoms with Crippen LogP contribution in [0.15, 0.2) is 68.0 Å². The van der Waals surface area contributed by atoms with Gasteiger partial charge in [0.05, 0.1) is 15.4 Å². The van der Waals surface area contributed by atoms with Crippen molar-refractivity contribution in [3.63, 3.8) is 0 Å². The number of hydrogen-bond donors (Lipinski definition) is 1. The van der Waals surface area contributed by atoms with Crippen LogP contribution in [0.25, 0.3) is 11.5 Å². The van der Waals surface area contributed by atoms with Gasteiger partial charge in [0.1, 0.15) is 29.6 Å². The Hall–Kier alpha value is -3.10. The molecule has 0 amide bonds. The highest BCUT2D eigenvalue weighted by Gasteiger charge is 2.29. The van der Waals surface area contributed by atoms with Crippen molar-refractivity contribution in [3.8, 4) is 28.7 Å². The van der Waals surface area contributed by atoms with Crippen LogP contribution in [0.4, 0.5) is 0 Å². The number of aliphatic carboxylic acids is 1. The van der Waals surface area contributed by atoms with Crippen molar-refractivity contribution >= 4 is 37.8 Å². The Labute approximate surface area is 244 Å². The molecule has 1 heterocycles. The van der Waals surface area contributed by atoms with Crippen LogP contribution in [-0.2, 0) is 17.8 Å². The predicted molar refractivity (Wildman–Crippen MR) is 157 cm³/mol. The molecule has 8 heteroatoms. The maximum atomic E-state index is 11.3. The molecule has 0 radical (unpaired) electrons. The van der Waals surface area contributed by atoms with E-state index in [1.165, 1.54) is 0 Å². The van der Waals surface area contributed by atoms with E-state index in [0.29, 0.717) is 24.0 Å². The van der Waals surface area contributed by atoms with Gasteiger partial charge in [-0.1, -0.05) is 32.0 Å². The molecule has 1 aliphatic rings. The Morgan fingerprint density at radius 3 is 2.64 bits per heavy atom. The van der Waals surface area contributed by atoms with E-state index in [2.05, 4.69) is 50.7 Å². The van der Waals surface area contributed by atoms with E-state index in [9.17, 15) is 9.90 Å². The molecular formula is C31H29Br2NO5. The lowest BCUT2D eigenvalue weighted by Crippen LogP contribution is -2.03. The molecule has 6 nitrogen and oxygen atoms in total. The Morgan fingerprint density at radius 1 is 1.15 bits per heavy atom. The molecular weight excluding hydrogens is 626 g/mol. The van der Waals surface area contributed by atoms with E-state index in [-0.39, 0.29) is 18.3 Å². The SMILES string of the molecule is Cc1oc(-c2ccccc2)nc1COc1ccc(Oc2c(Br)cc3c(c2Br)CCC3CC(=O)O)cc1C(C)C. The standard InChI is InChI=1S/C31H29Br2NO5/c1-17(2)23-14-21(39-30-25(32)15-24-20(13-28(35)36)9-11-22(24)29(30)33)10-12-27(23)37-16-26-18(3)38-31(34-26)19-7-5-4-6-8-19/h4-8,10,12,14-15,17,20H,9,11,13,16H2,1-3H3,(H,35,36). The van der Waals surface area contributed by atoms with Crippen LogP contribution in [0, 0.1) is 6.92 Å². The number of halogens is 2. The normalized spacial score (nSPS) is 14.5. The zero-order chi connectivity index (χ0) is 27.7. The summed E-state index contributed by atoms with van der Waals surface area (Å²) in [6.45, 7) is 6.42. The first-order chi connectivity index (χ1) is 18.7. The van der Waals surface area contributed by atoms with Gasteiger partial charge in [-0.05, 0) is 111 Å². The molecule has 5 rings (SSSR count). The average Bonchev–Trinajstić information content (AvgIpc) is 3.48. The van der Waals surface area contributed by atoms with E-state index in [1.54, 1.807) is 0 Å². The van der Waals surface area contributed by atoms with E-state index in [0.717, 1.165) is 61.2 Å². The van der Waals surface area contributed by atoms with Gasteiger partial charge in [-0.25, -0.2) is 4.98 Å². The molecule has 1 aromatic heterocycles. The number of aromatic nitrogens is 1. The predicted octanol–water partition coefficient (Wildman–Crippen LogP) is 9.17. The largest absolute Gasteiger partial charge is 0.487 e. The second-order valence-electron chi connectivity index (χ2n) is 10.0. The molecule has 1 atom stereocenters. The fourth-order valence-corrected chi connectivity index (χ4v) is 6.48. The van der Waals surface area contributed by atoms with Gasteiger partial charge in [0.25, 0.3) is 0 Å². The second-order valence-corrected chi connectivity index (χ2v) is 11.7. The van der Waals surface area contributed by atoms with E-state index in [4.69, 9.17) is 13.9 Å². The molecule has 3 aromatic carbocycles. The van der Waals surface area contributed by atoms with Gasteiger partial charge in [-0.15, -0.1) is 0 Å². The molecule has 1 N–H and O–H groups in total. The first kappa shape index (κ1) is 27.5. The molecule has 0 aliphatic heterocycles. The van der Waals surface area contributed by atoms with Crippen LogP contribution in [0.2, 0.25) is 0 Å². The summed E-state index contributed by atoms with van der Waals surface area (Å²) >= 11 is 7.38. The number of fused-ring (bicyclic) bond motifs is 1. The number of carboxylic acid groups (broad SMARTS) is 1. The van der Waals surface area contributed by atoms with E-state index >= 15 is 0 Å².